The van der Waals surface area contributed by atoms with E-state index < -0.39 is 11.6 Å². The van der Waals surface area contributed by atoms with Crippen molar-refractivity contribution in [1.29, 1.82) is 0 Å². The van der Waals surface area contributed by atoms with Gasteiger partial charge in [-0.15, -0.1) is 23.5 Å². The van der Waals surface area contributed by atoms with E-state index in [1.807, 2.05) is 0 Å². The Morgan fingerprint density at radius 2 is 1.14 bits per heavy atom. The van der Waals surface area contributed by atoms with Crippen molar-refractivity contribution in [2.45, 2.75) is 19.6 Å². The van der Waals surface area contributed by atoms with Crippen molar-refractivity contribution < 1.29 is 8.78 Å². The topological polar surface area (TPSA) is 52.0 Å². The highest BCUT2D eigenvalue weighted by Crippen LogP contribution is 2.46. The normalized spacial score (nSPS) is 10.7. The SMILES string of the molecule is C=CSc1c(F)c(SCCN)c(SC=C)c(F)c1SCCN. The Kier molecular flexibility index (Phi) is 9.62. The Hall–Kier alpha value is -0.120. The van der Waals surface area contributed by atoms with Crippen LogP contribution in [0.25, 0.3) is 0 Å². The molecule has 0 fully saturated rings. The second-order valence-corrected chi connectivity index (χ2v) is 7.95. The van der Waals surface area contributed by atoms with Crippen LogP contribution < -0.4 is 11.5 Å². The van der Waals surface area contributed by atoms with Crippen LogP contribution in [0.3, 0.4) is 0 Å². The van der Waals surface area contributed by atoms with Crippen LogP contribution in [-0.4, -0.2) is 24.6 Å². The van der Waals surface area contributed by atoms with Gasteiger partial charge in [0.2, 0.25) is 0 Å². The van der Waals surface area contributed by atoms with Crippen LogP contribution in [0.15, 0.2) is 43.6 Å². The van der Waals surface area contributed by atoms with Crippen molar-refractivity contribution >= 4 is 47.0 Å². The van der Waals surface area contributed by atoms with E-state index in [-0.39, 0.29) is 19.6 Å². The zero-order valence-electron chi connectivity index (χ0n) is 11.9. The van der Waals surface area contributed by atoms with Gasteiger partial charge in [-0.3, -0.25) is 0 Å². The van der Waals surface area contributed by atoms with E-state index >= 15 is 0 Å². The first-order valence-corrected chi connectivity index (χ1v) is 10.1. The number of hydrogen-bond donors (Lipinski definition) is 2. The van der Waals surface area contributed by atoms with Crippen LogP contribution in [0.4, 0.5) is 8.78 Å². The van der Waals surface area contributed by atoms with Crippen molar-refractivity contribution in [3.05, 3.63) is 35.6 Å². The van der Waals surface area contributed by atoms with Gasteiger partial charge in [0, 0.05) is 24.6 Å². The minimum atomic E-state index is -0.436. The standard InChI is InChI=1S/C14H18F2N2S4/c1-3-19-11-9(15)14(22-8-6-18)12(20-4-2)10(16)13(11)21-7-5-17/h3-4H,1-2,5-8,17-18H2. The van der Waals surface area contributed by atoms with Crippen LogP contribution in [0.2, 0.25) is 0 Å². The van der Waals surface area contributed by atoms with Crippen LogP contribution in [-0.2, 0) is 0 Å². The number of halogens is 2. The Labute approximate surface area is 146 Å². The van der Waals surface area contributed by atoms with Gasteiger partial charge in [-0.25, -0.2) is 8.78 Å². The average molecular weight is 381 g/mol. The fourth-order valence-corrected chi connectivity index (χ4v) is 5.01. The molecular formula is C14H18F2N2S4. The molecule has 1 aromatic rings. The van der Waals surface area contributed by atoms with Gasteiger partial charge in [0.25, 0.3) is 0 Å². The fraction of sp³-hybridized carbons (Fsp3) is 0.286. The number of thioether (sulfide) groups is 4. The number of benzene rings is 1. The van der Waals surface area contributed by atoms with E-state index in [9.17, 15) is 8.78 Å². The number of rotatable bonds is 10. The van der Waals surface area contributed by atoms with E-state index in [0.717, 1.165) is 23.5 Å². The minimum absolute atomic E-state index is 0.249. The molecule has 0 heterocycles. The lowest BCUT2D eigenvalue weighted by molar-refractivity contribution is 0.502. The molecule has 2 nitrogen and oxygen atoms in total. The lowest BCUT2D eigenvalue weighted by Crippen LogP contribution is -2.05. The summed E-state index contributed by atoms with van der Waals surface area (Å²) in [6.45, 7) is 7.95. The van der Waals surface area contributed by atoms with Gasteiger partial charge >= 0.3 is 0 Å². The monoisotopic (exact) mass is 380 g/mol. The molecule has 8 heteroatoms. The first-order chi connectivity index (χ1) is 10.6. The predicted molar refractivity (Wildman–Crippen MR) is 98.0 cm³/mol. The lowest BCUT2D eigenvalue weighted by Gasteiger charge is -2.17. The summed E-state index contributed by atoms with van der Waals surface area (Å²) in [6.07, 6.45) is 0. The summed E-state index contributed by atoms with van der Waals surface area (Å²) in [5.74, 6) is 0.144. The van der Waals surface area contributed by atoms with Crippen molar-refractivity contribution in [1.82, 2.24) is 0 Å². The molecule has 0 saturated heterocycles. The summed E-state index contributed by atoms with van der Waals surface area (Å²) in [5.41, 5.74) is 11.0. The largest absolute Gasteiger partial charge is 0.330 e. The van der Waals surface area contributed by atoms with Crippen molar-refractivity contribution in [3.8, 4) is 0 Å². The van der Waals surface area contributed by atoms with Gasteiger partial charge in [0.1, 0.15) is 0 Å². The summed E-state index contributed by atoms with van der Waals surface area (Å²) >= 11 is 4.57. The quantitative estimate of drug-likeness (QED) is 0.581. The number of hydrogen-bond acceptors (Lipinski definition) is 6. The zero-order chi connectivity index (χ0) is 16.5. The molecule has 1 aromatic carbocycles. The molecule has 122 valence electrons. The molecule has 0 saturated carbocycles. The van der Waals surface area contributed by atoms with E-state index in [2.05, 4.69) is 13.2 Å². The third kappa shape index (κ3) is 4.94. The minimum Gasteiger partial charge on any atom is -0.330 e. The average Bonchev–Trinajstić information content (AvgIpc) is 2.51. The van der Waals surface area contributed by atoms with Gasteiger partial charge < -0.3 is 11.5 Å². The molecule has 0 unspecified atom stereocenters. The maximum absolute atomic E-state index is 14.8. The highest BCUT2D eigenvalue weighted by atomic mass is 32.2. The molecule has 0 atom stereocenters. The zero-order valence-corrected chi connectivity index (χ0v) is 15.2. The molecule has 0 bridgehead atoms. The molecule has 0 aliphatic rings. The second kappa shape index (κ2) is 10.6. The Bertz CT molecular complexity index is 491. The maximum atomic E-state index is 14.8. The first kappa shape index (κ1) is 19.9. The molecule has 22 heavy (non-hydrogen) atoms. The fourth-order valence-electron chi connectivity index (χ4n) is 1.56. The Morgan fingerprint density at radius 1 is 0.773 bits per heavy atom. The van der Waals surface area contributed by atoms with Gasteiger partial charge in [-0.05, 0) is 10.8 Å². The van der Waals surface area contributed by atoms with Crippen molar-refractivity contribution in [3.63, 3.8) is 0 Å². The second-order valence-electron chi connectivity index (χ2n) is 3.79. The van der Waals surface area contributed by atoms with Crippen molar-refractivity contribution in [2.75, 3.05) is 24.6 Å². The van der Waals surface area contributed by atoms with Crippen LogP contribution in [0, 0.1) is 11.6 Å². The van der Waals surface area contributed by atoms with E-state index in [0.29, 0.717) is 24.6 Å². The predicted octanol–water partition coefficient (Wildman–Crippen LogP) is 4.54. The lowest BCUT2D eigenvalue weighted by atomic mass is 10.3. The third-order valence-electron chi connectivity index (χ3n) is 2.34. The van der Waals surface area contributed by atoms with E-state index in [4.69, 9.17) is 11.5 Å². The molecular weight excluding hydrogens is 362 g/mol. The summed E-state index contributed by atoms with van der Waals surface area (Å²) in [4.78, 5) is 1.04. The molecule has 0 aliphatic heterocycles. The van der Waals surface area contributed by atoms with E-state index in [1.165, 1.54) is 34.3 Å². The van der Waals surface area contributed by atoms with Gasteiger partial charge in [0.05, 0.1) is 19.6 Å². The molecule has 0 aliphatic carbocycles. The highest BCUT2D eigenvalue weighted by Gasteiger charge is 2.25. The number of nitrogens with two attached hydrogens (primary N) is 2. The summed E-state index contributed by atoms with van der Waals surface area (Å²) in [7, 11) is 0. The van der Waals surface area contributed by atoms with Crippen LogP contribution in [0.1, 0.15) is 0 Å². The Morgan fingerprint density at radius 3 is 1.41 bits per heavy atom. The Balaban J connectivity index is 3.48. The molecule has 4 N–H and O–H groups in total. The molecule has 1 rings (SSSR count). The molecule has 0 aromatic heterocycles. The van der Waals surface area contributed by atoms with Gasteiger partial charge in [0.15, 0.2) is 11.6 Å². The summed E-state index contributed by atoms with van der Waals surface area (Å²) < 4.78 is 29.7. The van der Waals surface area contributed by atoms with E-state index in [1.54, 1.807) is 0 Å². The third-order valence-corrected chi connectivity index (χ3v) is 6.39. The molecule has 0 amide bonds. The van der Waals surface area contributed by atoms with Gasteiger partial charge in [-0.2, -0.15) is 0 Å². The van der Waals surface area contributed by atoms with Crippen LogP contribution >= 0.6 is 47.0 Å². The van der Waals surface area contributed by atoms with Crippen molar-refractivity contribution in [2.24, 2.45) is 11.5 Å². The smallest absolute Gasteiger partial charge is 0.153 e. The molecule has 0 spiro atoms. The highest BCUT2D eigenvalue weighted by molar-refractivity contribution is 8.05. The summed E-state index contributed by atoms with van der Waals surface area (Å²) in [5, 5.41) is 2.98. The molecule has 0 radical (unpaired) electrons. The maximum Gasteiger partial charge on any atom is 0.153 e. The van der Waals surface area contributed by atoms with Crippen LogP contribution in [0.5, 0.6) is 0 Å². The summed E-state index contributed by atoms with van der Waals surface area (Å²) in [6, 6.07) is 0. The van der Waals surface area contributed by atoms with Gasteiger partial charge in [-0.1, -0.05) is 36.7 Å². The first-order valence-electron chi connectivity index (χ1n) is 6.38.